The number of aryl methyl sites for hydroxylation is 1. The van der Waals surface area contributed by atoms with Gasteiger partial charge in [0.1, 0.15) is 5.52 Å². The lowest BCUT2D eigenvalue weighted by molar-refractivity contribution is 0.0908. The summed E-state index contributed by atoms with van der Waals surface area (Å²) in [7, 11) is 0. The Balaban J connectivity index is 2.14. The Morgan fingerprint density at radius 2 is 2.20 bits per heavy atom. The first-order valence-electron chi connectivity index (χ1n) is 6.87. The van der Waals surface area contributed by atoms with E-state index in [1.807, 2.05) is 19.1 Å². The molecule has 0 saturated heterocycles. The summed E-state index contributed by atoms with van der Waals surface area (Å²) >= 11 is 0. The number of hydrogen-bond acceptors (Lipinski definition) is 4. The number of furan rings is 1. The van der Waals surface area contributed by atoms with E-state index in [0.717, 1.165) is 12.1 Å². The average Bonchev–Trinajstić information content (AvgIpc) is 2.80. The van der Waals surface area contributed by atoms with Gasteiger partial charge in [0.25, 0.3) is 5.91 Å². The zero-order valence-electron chi connectivity index (χ0n) is 12.1. The molecule has 5 heteroatoms. The molecule has 0 aliphatic heterocycles. The first kappa shape index (κ1) is 14.5. The molecule has 0 aliphatic rings. The maximum absolute atomic E-state index is 12.2. The van der Waals surface area contributed by atoms with Crippen LogP contribution in [0.25, 0.3) is 11.1 Å². The lowest BCUT2D eigenvalue weighted by atomic mass is 10.0. The van der Waals surface area contributed by atoms with Crippen LogP contribution in [-0.2, 0) is 0 Å². The van der Waals surface area contributed by atoms with Gasteiger partial charge in [-0.25, -0.2) is 4.98 Å². The van der Waals surface area contributed by atoms with E-state index >= 15 is 0 Å². The smallest absolute Gasteiger partial charge is 0.287 e. The minimum Gasteiger partial charge on any atom is -0.449 e. The van der Waals surface area contributed by atoms with E-state index in [9.17, 15) is 4.79 Å². The van der Waals surface area contributed by atoms with E-state index in [0.29, 0.717) is 23.6 Å². The van der Waals surface area contributed by atoms with Gasteiger partial charge in [0.05, 0.1) is 0 Å². The van der Waals surface area contributed by atoms with Gasteiger partial charge >= 0.3 is 0 Å². The summed E-state index contributed by atoms with van der Waals surface area (Å²) < 4.78 is 5.52. The second-order valence-electron chi connectivity index (χ2n) is 5.48. The largest absolute Gasteiger partial charge is 0.449 e. The van der Waals surface area contributed by atoms with Crippen LogP contribution in [-0.4, -0.2) is 23.5 Å². The Hall–Kier alpha value is -1.88. The zero-order valence-corrected chi connectivity index (χ0v) is 12.1. The number of fused-ring (bicyclic) bond motifs is 1. The molecular weight excluding hydrogens is 254 g/mol. The molecule has 2 rings (SSSR count). The molecule has 1 unspecified atom stereocenters. The summed E-state index contributed by atoms with van der Waals surface area (Å²) in [6, 6.07) is 5.31. The number of carbonyl (C=O) groups excluding carboxylic acids is 1. The third kappa shape index (κ3) is 3.36. The Labute approximate surface area is 118 Å². The van der Waals surface area contributed by atoms with E-state index in [1.54, 1.807) is 6.07 Å². The normalized spacial score (nSPS) is 12.8. The molecule has 2 aromatic rings. The van der Waals surface area contributed by atoms with Gasteiger partial charge in [-0.2, -0.15) is 0 Å². The summed E-state index contributed by atoms with van der Waals surface area (Å²) in [4.78, 5) is 16.5. The molecule has 2 heterocycles. The maximum atomic E-state index is 12.2. The summed E-state index contributed by atoms with van der Waals surface area (Å²) in [5.41, 5.74) is 7.90. The van der Waals surface area contributed by atoms with Crippen LogP contribution >= 0.6 is 0 Å². The first-order chi connectivity index (χ1) is 9.49. The van der Waals surface area contributed by atoms with Gasteiger partial charge in [0, 0.05) is 24.3 Å². The highest BCUT2D eigenvalue weighted by molar-refractivity contribution is 5.95. The van der Waals surface area contributed by atoms with Crippen LogP contribution in [0.1, 0.15) is 36.5 Å². The van der Waals surface area contributed by atoms with Gasteiger partial charge in [-0.05, 0) is 31.4 Å². The highest BCUT2D eigenvalue weighted by Gasteiger charge is 2.17. The number of nitrogens with two attached hydrogens (primary N) is 1. The second kappa shape index (κ2) is 6.05. The Morgan fingerprint density at radius 3 is 2.85 bits per heavy atom. The third-order valence-electron chi connectivity index (χ3n) is 3.11. The molecule has 0 fully saturated rings. The van der Waals surface area contributed by atoms with E-state index < -0.39 is 0 Å². The van der Waals surface area contributed by atoms with Crippen molar-refractivity contribution in [2.75, 3.05) is 6.54 Å². The monoisotopic (exact) mass is 275 g/mol. The standard InChI is InChI=1S/C15H21N3O2/c1-9(2)6-11(8-16)18-15(19)14-7-12-13(20-14)5-4-10(3)17-12/h4-5,7,9,11H,6,8,16H2,1-3H3,(H,18,19). The van der Waals surface area contributed by atoms with Crippen LogP contribution in [0.5, 0.6) is 0 Å². The molecule has 0 radical (unpaired) electrons. The minimum atomic E-state index is -0.239. The molecule has 0 aromatic carbocycles. The van der Waals surface area contributed by atoms with Crippen molar-refractivity contribution in [2.24, 2.45) is 11.7 Å². The fourth-order valence-electron chi connectivity index (χ4n) is 2.18. The molecule has 0 bridgehead atoms. The maximum Gasteiger partial charge on any atom is 0.287 e. The molecule has 5 nitrogen and oxygen atoms in total. The number of nitrogens with zero attached hydrogens (tertiary/aromatic N) is 1. The lowest BCUT2D eigenvalue weighted by Crippen LogP contribution is -2.40. The number of hydrogen-bond donors (Lipinski definition) is 2. The van der Waals surface area contributed by atoms with Gasteiger partial charge in [-0.3, -0.25) is 4.79 Å². The van der Waals surface area contributed by atoms with E-state index in [2.05, 4.69) is 24.1 Å². The minimum absolute atomic E-state index is 0.0367. The number of amides is 1. The number of pyridine rings is 1. The topological polar surface area (TPSA) is 81.2 Å². The third-order valence-corrected chi connectivity index (χ3v) is 3.11. The summed E-state index contributed by atoms with van der Waals surface area (Å²) in [5.74, 6) is 0.515. The van der Waals surface area contributed by atoms with Gasteiger partial charge in [-0.15, -0.1) is 0 Å². The van der Waals surface area contributed by atoms with Crippen molar-refractivity contribution in [3.63, 3.8) is 0 Å². The van der Waals surface area contributed by atoms with E-state index in [4.69, 9.17) is 10.2 Å². The fraction of sp³-hybridized carbons (Fsp3) is 0.467. The van der Waals surface area contributed by atoms with E-state index in [1.165, 1.54) is 0 Å². The van der Waals surface area contributed by atoms with Crippen LogP contribution < -0.4 is 11.1 Å². The van der Waals surface area contributed by atoms with Crippen molar-refractivity contribution in [3.05, 3.63) is 29.7 Å². The molecule has 3 N–H and O–H groups in total. The second-order valence-corrected chi connectivity index (χ2v) is 5.48. The van der Waals surface area contributed by atoms with Crippen molar-refractivity contribution in [1.82, 2.24) is 10.3 Å². The average molecular weight is 275 g/mol. The molecule has 0 spiro atoms. The molecule has 1 amide bonds. The molecule has 108 valence electrons. The highest BCUT2D eigenvalue weighted by atomic mass is 16.3. The van der Waals surface area contributed by atoms with Crippen LogP contribution in [0.15, 0.2) is 22.6 Å². The van der Waals surface area contributed by atoms with Gasteiger partial charge < -0.3 is 15.5 Å². The Bertz CT molecular complexity index is 604. The fourth-order valence-corrected chi connectivity index (χ4v) is 2.18. The molecule has 20 heavy (non-hydrogen) atoms. The van der Waals surface area contributed by atoms with Crippen LogP contribution in [0, 0.1) is 12.8 Å². The number of carbonyl (C=O) groups is 1. The number of nitrogens with one attached hydrogen (secondary N) is 1. The summed E-state index contributed by atoms with van der Waals surface area (Å²) in [6.45, 7) is 6.52. The predicted octanol–water partition coefficient (Wildman–Crippen LogP) is 2.24. The van der Waals surface area contributed by atoms with Crippen molar-refractivity contribution < 1.29 is 9.21 Å². The quantitative estimate of drug-likeness (QED) is 0.876. The van der Waals surface area contributed by atoms with Crippen LogP contribution in [0.4, 0.5) is 0 Å². The summed E-state index contributed by atoms with van der Waals surface area (Å²) in [6.07, 6.45) is 0.847. The van der Waals surface area contributed by atoms with Gasteiger partial charge in [0.15, 0.2) is 11.3 Å². The Morgan fingerprint density at radius 1 is 1.45 bits per heavy atom. The van der Waals surface area contributed by atoms with Gasteiger partial charge in [-0.1, -0.05) is 13.8 Å². The number of rotatable bonds is 5. The molecule has 1 atom stereocenters. The van der Waals surface area contributed by atoms with Crippen molar-refractivity contribution >= 4 is 17.0 Å². The molecular formula is C15H21N3O2. The first-order valence-corrected chi connectivity index (χ1v) is 6.87. The zero-order chi connectivity index (χ0) is 14.7. The highest BCUT2D eigenvalue weighted by Crippen LogP contribution is 2.18. The van der Waals surface area contributed by atoms with Crippen LogP contribution in [0.2, 0.25) is 0 Å². The lowest BCUT2D eigenvalue weighted by Gasteiger charge is -2.17. The number of aromatic nitrogens is 1. The van der Waals surface area contributed by atoms with Gasteiger partial charge in [0.2, 0.25) is 0 Å². The molecule has 2 aromatic heterocycles. The molecule has 0 aliphatic carbocycles. The molecule has 0 saturated carbocycles. The van der Waals surface area contributed by atoms with Crippen molar-refractivity contribution in [1.29, 1.82) is 0 Å². The Kier molecular flexibility index (Phi) is 4.39. The van der Waals surface area contributed by atoms with Crippen LogP contribution in [0.3, 0.4) is 0 Å². The van der Waals surface area contributed by atoms with Crippen molar-refractivity contribution in [2.45, 2.75) is 33.2 Å². The van der Waals surface area contributed by atoms with Crippen molar-refractivity contribution in [3.8, 4) is 0 Å². The van der Waals surface area contributed by atoms with E-state index in [-0.39, 0.29) is 17.7 Å². The summed E-state index contributed by atoms with van der Waals surface area (Å²) in [5, 5.41) is 2.90. The SMILES string of the molecule is Cc1ccc2oc(C(=O)NC(CN)CC(C)C)cc2n1. The predicted molar refractivity (Wildman–Crippen MR) is 78.5 cm³/mol.